The molecule has 1 fully saturated rings. The molecular formula is C13H14F2N2O2S. The smallest absolute Gasteiger partial charge is 0.207 e. The van der Waals surface area contributed by atoms with Gasteiger partial charge in [-0.3, -0.25) is 0 Å². The minimum absolute atomic E-state index is 0.127. The fourth-order valence-electron chi connectivity index (χ4n) is 2.15. The molecular weight excluding hydrogens is 286 g/mol. The van der Waals surface area contributed by atoms with E-state index in [-0.39, 0.29) is 13.1 Å². The van der Waals surface area contributed by atoms with Gasteiger partial charge >= 0.3 is 0 Å². The Bertz CT molecular complexity index is 659. The maximum Gasteiger partial charge on any atom is 0.246 e. The van der Waals surface area contributed by atoms with Gasteiger partial charge in [0.15, 0.2) is 0 Å². The number of sulfonamides is 1. The summed E-state index contributed by atoms with van der Waals surface area (Å²) in [6.07, 6.45) is 0.749. The van der Waals surface area contributed by atoms with E-state index >= 15 is 0 Å². The van der Waals surface area contributed by atoms with Crippen LogP contribution >= 0.6 is 0 Å². The first-order chi connectivity index (χ1) is 9.28. The van der Waals surface area contributed by atoms with Gasteiger partial charge < -0.3 is 0 Å². The number of nitrogens with zero attached hydrogens (tertiary/aromatic N) is 2. The summed E-state index contributed by atoms with van der Waals surface area (Å²) in [4.78, 5) is -0.655. The predicted octanol–water partition coefficient (Wildman–Crippen LogP) is 2.28. The number of hydrogen-bond acceptors (Lipinski definition) is 3. The molecule has 2 rings (SSSR count). The average Bonchev–Trinajstić information content (AvgIpc) is 2.42. The summed E-state index contributed by atoms with van der Waals surface area (Å²) >= 11 is 0. The number of benzene rings is 1. The number of hydrogen-bond donors (Lipinski definition) is 0. The summed E-state index contributed by atoms with van der Waals surface area (Å²) in [5.74, 6) is -1.77. The van der Waals surface area contributed by atoms with Gasteiger partial charge in [0, 0.05) is 13.1 Å². The number of piperidine rings is 1. The van der Waals surface area contributed by atoms with Crippen LogP contribution in [0.4, 0.5) is 8.78 Å². The Kier molecular flexibility index (Phi) is 3.80. The van der Waals surface area contributed by atoms with Crippen molar-refractivity contribution in [3.05, 3.63) is 29.8 Å². The number of rotatable bonds is 2. The van der Waals surface area contributed by atoms with Gasteiger partial charge in [0.05, 0.1) is 11.5 Å². The fraction of sp³-hybridized carbons (Fsp3) is 0.462. The third kappa shape index (κ3) is 2.67. The Morgan fingerprint density at radius 2 is 1.90 bits per heavy atom. The zero-order valence-electron chi connectivity index (χ0n) is 10.9. The summed E-state index contributed by atoms with van der Waals surface area (Å²) in [5, 5.41) is 9.01. The van der Waals surface area contributed by atoms with Crippen molar-refractivity contribution in [1.82, 2.24) is 4.31 Å². The largest absolute Gasteiger partial charge is 0.246 e. The Morgan fingerprint density at radius 3 is 2.45 bits per heavy atom. The van der Waals surface area contributed by atoms with E-state index in [1.165, 1.54) is 0 Å². The van der Waals surface area contributed by atoms with Crippen LogP contribution in [0.25, 0.3) is 0 Å². The van der Waals surface area contributed by atoms with Crippen molar-refractivity contribution in [2.75, 3.05) is 13.1 Å². The highest BCUT2D eigenvalue weighted by Gasteiger charge is 2.36. The van der Waals surface area contributed by atoms with E-state index in [9.17, 15) is 17.2 Å². The van der Waals surface area contributed by atoms with Crippen molar-refractivity contribution in [3.8, 4) is 6.07 Å². The lowest BCUT2D eigenvalue weighted by Crippen LogP contribution is -2.41. The molecule has 1 aromatic carbocycles. The Morgan fingerprint density at radius 1 is 1.30 bits per heavy atom. The zero-order valence-corrected chi connectivity index (χ0v) is 11.8. The second-order valence-electron chi connectivity index (χ2n) is 5.15. The molecule has 0 bridgehead atoms. The monoisotopic (exact) mass is 300 g/mol. The quantitative estimate of drug-likeness (QED) is 0.842. The van der Waals surface area contributed by atoms with Crippen LogP contribution in [-0.2, 0) is 10.0 Å². The molecule has 4 nitrogen and oxygen atoms in total. The Balaban J connectivity index is 2.29. The SMILES string of the molecule is CC1(C#N)CCN(S(=O)(=O)c2cc(F)ccc2F)CC1. The van der Waals surface area contributed by atoms with Gasteiger partial charge in [-0.05, 0) is 38.0 Å². The highest BCUT2D eigenvalue weighted by molar-refractivity contribution is 7.89. The molecule has 0 aromatic heterocycles. The van der Waals surface area contributed by atoms with Crippen LogP contribution in [0.5, 0.6) is 0 Å². The lowest BCUT2D eigenvalue weighted by Gasteiger charge is -2.34. The second kappa shape index (κ2) is 5.11. The van der Waals surface area contributed by atoms with Crippen molar-refractivity contribution in [1.29, 1.82) is 5.26 Å². The molecule has 1 saturated heterocycles. The fourth-order valence-corrected chi connectivity index (χ4v) is 3.66. The highest BCUT2D eigenvalue weighted by Crippen LogP contribution is 2.32. The molecule has 0 atom stereocenters. The van der Waals surface area contributed by atoms with Crippen LogP contribution < -0.4 is 0 Å². The molecule has 20 heavy (non-hydrogen) atoms. The van der Waals surface area contributed by atoms with Gasteiger partial charge in [0.2, 0.25) is 10.0 Å². The molecule has 0 saturated carbocycles. The maximum absolute atomic E-state index is 13.6. The average molecular weight is 300 g/mol. The third-order valence-corrected chi connectivity index (χ3v) is 5.52. The van der Waals surface area contributed by atoms with Crippen LogP contribution in [0.3, 0.4) is 0 Å². The predicted molar refractivity (Wildman–Crippen MR) is 68.1 cm³/mol. The molecule has 108 valence electrons. The van der Waals surface area contributed by atoms with Crippen LogP contribution in [-0.4, -0.2) is 25.8 Å². The van der Waals surface area contributed by atoms with E-state index in [2.05, 4.69) is 6.07 Å². The van der Waals surface area contributed by atoms with Crippen LogP contribution in [0.2, 0.25) is 0 Å². The van der Waals surface area contributed by atoms with E-state index in [1.807, 2.05) is 0 Å². The zero-order chi connectivity index (χ0) is 15.0. The third-order valence-electron chi connectivity index (χ3n) is 3.61. The number of nitriles is 1. The first-order valence-electron chi connectivity index (χ1n) is 6.15. The molecule has 1 heterocycles. The molecule has 0 N–H and O–H groups in total. The van der Waals surface area contributed by atoms with E-state index in [0.717, 1.165) is 16.4 Å². The van der Waals surface area contributed by atoms with Crippen LogP contribution in [0.1, 0.15) is 19.8 Å². The lowest BCUT2D eigenvalue weighted by atomic mass is 9.83. The van der Waals surface area contributed by atoms with Gasteiger partial charge in [0.25, 0.3) is 0 Å². The van der Waals surface area contributed by atoms with Crippen LogP contribution in [0.15, 0.2) is 23.1 Å². The van der Waals surface area contributed by atoms with Crippen molar-refractivity contribution in [2.45, 2.75) is 24.7 Å². The Labute approximate surface area is 116 Å². The molecule has 1 aromatic rings. The topological polar surface area (TPSA) is 61.2 Å². The highest BCUT2D eigenvalue weighted by atomic mass is 32.2. The minimum atomic E-state index is -4.06. The minimum Gasteiger partial charge on any atom is -0.207 e. The van der Waals surface area contributed by atoms with Crippen molar-refractivity contribution >= 4 is 10.0 Å². The van der Waals surface area contributed by atoms with Crippen LogP contribution in [0, 0.1) is 28.4 Å². The first kappa shape index (κ1) is 14.9. The van der Waals surface area contributed by atoms with E-state index in [0.29, 0.717) is 18.9 Å². The van der Waals surface area contributed by atoms with Gasteiger partial charge in [0.1, 0.15) is 16.5 Å². The number of halogens is 2. The van der Waals surface area contributed by atoms with E-state index < -0.39 is 32.0 Å². The van der Waals surface area contributed by atoms with E-state index in [1.54, 1.807) is 6.92 Å². The second-order valence-corrected chi connectivity index (χ2v) is 7.06. The van der Waals surface area contributed by atoms with Gasteiger partial charge in [-0.1, -0.05) is 0 Å². The van der Waals surface area contributed by atoms with Crippen molar-refractivity contribution in [2.24, 2.45) is 5.41 Å². The first-order valence-corrected chi connectivity index (χ1v) is 7.59. The van der Waals surface area contributed by atoms with Gasteiger partial charge in [-0.2, -0.15) is 9.57 Å². The Hall–Kier alpha value is -1.52. The molecule has 1 aliphatic heterocycles. The summed E-state index contributed by atoms with van der Waals surface area (Å²) in [6.45, 7) is 2.02. The summed E-state index contributed by atoms with van der Waals surface area (Å²) in [5.41, 5.74) is -0.563. The molecule has 0 aliphatic carbocycles. The maximum atomic E-state index is 13.6. The van der Waals surface area contributed by atoms with Gasteiger partial charge in [-0.15, -0.1) is 0 Å². The van der Waals surface area contributed by atoms with Crippen molar-refractivity contribution < 1.29 is 17.2 Å². The summed E-state index contributed by atoms with van der Waals surface area (Å²) < 4.78 is 52.4. The molecule has 1 aliphatic rings. The molecule has 0 amide bonds. The lowest BCUT2D eigenvalue weighted by molar-refractivity contribution is 0.231. The van der Waals surface area contributed by atoms with Crippen molar-refractivity contribution in [3.63, 3.8) is 0 Å². The van der Waals surface area contributed by atoms with Gasteiger partial charge in [-0.25, -0.2) is 17.2 Å². The summed E-state index contributed by atoms with van der Waals surface area (Å²) in [7, 11) is -4.06. The standard InChI is InChI=1S/C13H14F2N2O2S/c1-13(9-16)4-6-17(7-5-13)20(18,19)12-8-10(14)2-3-11(12)15/h2-3,8H,4-7H2,1H3. The molecule has 0 radical (unpaired) electrons. The normalized spacial score (nSPS) is 19.5. The summed E-state index contributed by atoms with van der Waals surface area (Å²) in [6, 6.07) is 4.51. The van der Waals surface area contributed by atoms with E-state index in [4.69, 9.17) is 5.26 Å². The molecule has 7 heteroatoms. The molecule has 0 unspecified atom stereocenters. The molecule has 0 spiro atoms.